The van der Waals surface area contributed by atoms with Crippen LogP contribution in [0.4, 0.5) is 5.82 Å². The van der Waals surface area contributed by atoms with Crippen molar-refractivity contribution in [1.29, 1.82) is 0 Å². The van der Waals surface area contributed by atoms with Gasteiger partial charge in [-0.15, -0.1) is 0 Å². The van der Waals surface area contributed by atoms with Crippen LogP contribution in [0.5, 0.6) is 0 Å². The highest BCUT2D eigenvalue weighted by Crippen LogP contribution is 2.32. The number of anilines is 1. The second-order valence-electron chi connectivity index (χ2n) is 7.74. The number of hydrogen-bond donors (Lipinski definition) is 2. The number of carbonyl (C=O) groups excluding carboxylic acids is 1. The van der Waals surface area contributed by atoms with E-state index in [0.29, 0.717) is 0 Å². The van der Waals surface area contributed by atoms with Gasteiger partial charge in [-0.05, 0) is 37.7 Å². The zero-order chi connectivity index (χ0) is 19.9. The first-order valence-corrected chi connectivity index (χ1v) is 10.4. The maximum atomic E-state index is 12.5. The number of amides is 1. The molecule has 3 rings (SSSR count). The van der Waals surface area contributed by atoms with Crippen LogP contribution < -0.4 is 11.0 Å². The van der Waals surface area contributed by atoms with E-state index in [1.807, 2.05) is 0 Å². The van der Waals surface area contributed by atoms with E-state index in [9.17, 15) is 9.59 Å². The highest BCUT2D eigenvalue weighted by molar-refractivity contribution is 5.91. The Morgan fingerprint density at radius 3 is 2.75 bits per heavy atom. The molecule has 1 aliphatic carbocycles. The van der Waals surface area contributed by atoms with Crippen LogP contribution in [0.15, 0.2) is 17.1 Å². The molecule has 2 heterocycles. The van der Waals surface area contributed by atoms with Gasteiger partial charge in [-0.1, -0.05) is 32.6 Å². The SMILES string of the molecule is CCCCCC1CCC(C(=O)Nc2ccn(C3COC(CO)O3)c(=O)n2)CC1. The van der Waals surface area contributed by atoms with E-state index in [-0.39, 0.29) is 30.9 Å². The number of aliphatic hydroxyl groups excluding tert-OH is 1. The second-order valence-corrected chi connectivity index (χ2v) is 7.74. The van der Waals surface area contributed by atoms with Gasteiger partial charge >= 0.3 is 5.69 Å². The molecule has 2 fully saturated rings. The van der Waals surface area contributed by atoms with Crippen LogP contribution in [0.2, 0.25) is 0 Å². The number of aliphatic hydroxyl groups is 1. The van der Waals surface area contributed by atoms with Gasteiger partial charge in [-0.2, -0.15) is 4.98 Å². The normalized spacial score (nSPS) is 27.6. The Morgan fingerprint density at radius 2 is 2.11 bits per heavy atom. The first kappa shape index (κ1) is 21.0. The molecule has 0 bridgehead atoms. The number of rotatable bonds is 8. The largest absolute Gasteiger partial charge is 0.391 e. The third kappa shape index (κ3) is 5.40. The summed E-state index contributed by atoms with van der Waals surface area (Å²) in [6.45, 7) is 2.11. The fourth-order valence-corrected chi connectivity index (χ4v) is 4.01. The lowest BCUT2D eigenvalue weighted by Crippen LogP contribution is -2.31. The number of nitrogens with zero attached hydrogens (tertiary/aromatic N) is 2. The molecule has 2 atom stereocenters. The summed E-state index contributed by atoms with van der Waals surface area (Å²) in [6, 6.07) is 1.59. The Morgan fingerprint density at radius 1 is 1.32 bits per heavy atom. The summed E-state index contributed by atoms with van der Waals surface area (Å²) in [7, 11) is 0. The van der Waals surface area contributed by atoms with Crippen molar-refractivity contribution in [1.82, 2.24) is 9.55 Å². The molecule has 0 spiro atoms. The fourth-order valence-electron chi connectivity index (χ4n) is 4.01. The maximum Gasteiger partial charge on any atom is 0.351 e. The standard InChI is InChI=1S/C20H31N3O5/c1-2-3-4-5-14-6-8-15(9-7-14)19(25)21-16-10-11-23(20(26)22-16)17-13-27-18(12-24)28-17/h10-11,14-15,17-18,24H,2-9,12-13H2,1H3,(H,21,22,25,26). The van der Waals surface area contributed by atoms with Crippen molar-refractivity contribution in [3.63, 3.8) is 0 Å². The van der Waals surface area contributed by atoms with E-state index >= 15 is 0 Å². The van der Waals surface area contributed by atoms with Crippen LogP contribution in [-0.4, -0.2) is 40.1 Å². The molecule has 1 aromatic rings. The van der Waals surface area contributed by atoms with Gasteiger partial charge in [0.2, 0.25) is 5.91 Å². The minimum atomic E-state index is -0.728. The van der Waals surface area contributed by atoms with Gasteiger partial charge in [-0.3, -0.25) is 9.36 Å². The molecule has 1 saturated carbocycles. The average Bonchev–Trinajstić information content (AvgIpc) is 3.18. The molecule has 2 unspecified atom stereocenters. The highest BCUT2D eigenvalue weighted by atomic mass is 16.7. The molecule has 2 N–H and O–H groups in total. The zero-order valence-corrected chi connectivity index (χ0v) is 16.5. The van der Waals surface area contributed by atoms with E-state index in [0.717, 1.165) is 31.6 Å². The summed E-state index contributed by atoms with van der Waals surface area (Å²) < 4.78 is 11.9. The van der Waals surface area contributed by atoms with E-state index in [4.69, 9.17) is 14.6 Å². The minimum absolute atomic E-state index is 0.0106. The van der Waals surface area contributed by atoms with E-state index in [1.165, 1.54) is 36.4 Å². The van der Waals surface area contributed by atoms with Crippen LogP contribution in [-0.2, 0) is 14.3 Å². The van der Waals surface area contributed by atoms with Crippen molar-refractivity contribution >= 4 is 11.7 Å². The first-order chi connectivity index (χ1) is 13.6. The van der Waals surface area contributed by atoms with Crippen LogP contribution >= 0.6 is 0 Å². The molecule has 1 saturated heterocycles. The Labute approximate surface area is 165 Å². The summed E-state index contributed by atoms with van der Waals surface area (Å²) in [5, 5.41) is 11.8. The smallest absolute Gasteiger partial charge is 0.351 e. The Kier molecular flexibility index (Phi) is 7.58. The number of aromatic nitrogens is 2. The molecule has 0 aromatic carbocycles. The van der Waals surface area contributed by atoms with Gasteiger partial charge in [0.25, 0.3) is 0 Å². The van der Waals surface area contributed by atoms with E-state index in [1.54, 1.807) is 6.07 Å². The number of unbranched alkanes of at least 4 members (excludes halogenated alkanes) is 2. The Hall–Kier alpha value is -1.77. The van der Waals surface area contributed by atoms with Crippen molar-refractivity contribution in [2.45, 2.75) is 70.8 Å². The van der Waals surface area contributed by atoms with Crippen molar-refractivity contribution in [2.24, 2.45) is 11.8 Å². The summed E-state index contributed by atoms with van der Waals surface area (Å²) in [5.74, 6) is 0.934. The minimum Gasteiger partial charge on any atom is -0.391 e. The van der Waals surface area contributed by atoms with Crippen molar-refractivity contribution < 1.29 is 19.4 Å². The van der Waals surface area contributed by atoms with Gasteiger partial charge < -0.3 is 19.9 Å². The van der Waals surface area contributed by atoms with Crippen molar-refractivity contribution in [3.8, 4) is 0 Å². The lowest BCUT2D eigenvalue weighted by Gasteiger charge is -2.27. The third-order valence-corrected chi connectivity index (χ3v) is 5.71. The molecule has 0 radical (unpaired) electrons. The molecular formula is C20H31N3O5. The Bertz CT molecular complexity index is 699. The molecule has 1 amide bonds. The molecule has 28 heavy (non-hydrogen) atoms. The van der Waals surface area contributed by atoms with Crippen LogP contribution in [0.1, 0.15) is 64.5 Å². The maximum absolute atomic E-state index is 12.5. The van der Waals surface area contributed by atoms with Crippen molar-refractivity contribution in [3.05, 3.63) is 22.7 Å². The predicted octanol–water partition coefficient (Wildman–Crippen LogP) is 2.43. The van der Waals surface area contributed by atoms with Gasteiger partial charge in [0.05, 0.1) is 13.2 Å². The first-order valence-electron chi connectivity index (χ1n) is 10.4. The van der Waals surface area contributed by atoms with Crippen LogP contribution in [0, 0.1) is 11.8 Å². The van der Waals surface area contributed by atoms with Gasteiger partial charge in [-0.25, -0.2) is 4.79 Å². The molecule has 8 nitrogen and oxygen atoms in total. The predicted molar refractivity (Wildman–Crippen MR) is 104 cm³/mol. The molecule has 1 aliphatic heterocycles. The summed E-state index contributed by atoms with van der Waals surface area (Å²) >= 11 is 0. The second kappa shape index (κ2) is 10.1. The Balaban J connectivity index is 1.50. The average molecular weight is 393 g/mol. The van der Waals surface area contributed by atoms with Crippen LogP contribution in [0.3, 0.4) is 0 Å². The van der Waals surface area contributed by atoms with E-state index in [2.05, 4.69) is 17.2 Å². The topological polar surface area (TPSA) is 103 Å². The zero-order valence-electron chi connectivity index (χ0n) is 16.5. The monoisotopic (exact) mass is 393 g/mol. The lowest BCUT2D eigenvalue weighted by atomic mass is 9.79. The molecule has 8 heteroatoms. The lowest BCUT2D eigenvalue weighted by molar-refractivity contribution is -0.121. The summed E-state index contributed by atoms with van der Waals surface area (Å²) in [6.07, 6.45) is 9.26. The molecule has 2 aliphatic rings. The molecule has 156 valence electrons. The number of hydrogen-bond acceptors (Lipinski definition) is 6. The summed E-state index contributed by atoms with van der Waals surface area (Å²) in [4.78, 5) is 28.7. The van der Waals surface area contributed by atoms with Crippen molar-refractivity contribution in [2.75, 3.05) is 18.5 Å². The highest BCUT2D eigenvalue weighted by Gasteiger charge is 2.28. The third-order valence-electron chi connectivity index (χ3n) is 5.71. The molecule has 1 aromatic heterocycles. The number of nitrogens with one attached hydrogen (secondary N) is 1. The van der Waals surface area contributed by atoms with Gasteiger partial charge in [0.1, 0.15) is 5.82 Å². The quantitative estimate of drug-likeness (QED) is 0.658. The number of ether oxygens (including phenoxy) is 2. The van der Waals surface area contributed by atoms with Crippen LogP contribution in [0.25, 0.3) is 0 Å². The molecular weight excluding hydrogens is 362 g/mol. The van der Waals surface area contributed by atoms with Gasteiger partial charge in [0.15, 0.2) is 12.5 Å². The van der Waals surface area contributed by atoms with E-state index < -0.39 is 18.2 Å². The fraction of sp³-hybridized carbons (Fsp3) is 0.750. The summed E-state index contributed by atoms with van der Waals surface area (Å²) in [5.41, 5.74) is -0.523. The van der Waals surface area contributed by atoms with Gasteiger partial charge in [0, 0.05) is 12.1 Å². The number of carbonyl (C=O) groups is 1.